The Hall–Kier alpha value is -3.89. The number of benzene rings is 2. The summed E-state index contributed by atoms with van der Waals surface area (Å²) < 4.78 is 0. The van der Waals surface area contributed by atoms with E-state index in [0.717, 1.165) is 33.1 Å². The third kappa shape index (κ3) is 5.60. The summed E-state index contributed by atoms with van der Waals surface area (Å²) in [6, 6.07) is 13.1. The van der Waals surface area contributed by atoms with E-state index in [2.05, 4.69) is 36.6 Å². The van der Waals surface area contributed by atoms with E-state index in [1.165, 1.54) is 6.33 Å². The molecule has 1 aliphatic heterocycles. The molecule has 11 heteroatoms. The van der Waals surface area contributed by atoms with Gasteiger partial charge >= 0.3 is 6.03 Å². The Labute approximate surface area is 219 Å². The molecule has 0 saturated carbocycles. The zero-order valence-corrected chi connectivity index (χ0v) is 21.3. The Morgan fingerprint density at radius 2 is 2.03 bits per heavy atom. The first-order valence-corrected chi connectivity index (χ1v) is 12.6. The number of nitrogens with zero attached hydrogens (tertiary/aromatic N) is 4. The molecule has 192 valence electrons. The summed E-state index contributed by atoms with van der Waals surface area (Å²) in [5.41, 5.74) is 9.62. The van der Waals surface area contributed by atoms with Crippen LogP contribution in [0.15, 0.2) is 48.8 Å². The number of anilines is 1. The largest absolute Gasteiger partial charge is 0.383 e. The number of hydrogen-bond acceptors (Lipinski definition) is 6. The number of piperazine rings is 1. The molecule has 1 atom stereocenters. The Kier molecular flexibility index (Phi) is 7.11. The molecule has 10 nitrogen and oxygen atoms in total. The molecule has 1 aliphatic rings. The summed E-state index contributed by atoms with van der Waals surface area (Å²) in [7, 11) is 0. The number of aromatic nitrogens is 3. The van der Waals surface area contributed by atoms with Crippen LogP contribution in [0.1, 0.15) is 18.2 Å². The number of carbonyl (C=O) groups excluding carboxylic acids is 2. The van der Waals surface area contributed by atoms with Crippen LogP contribution in [0.4, 0.5) is 10.6 Å². The number of nitrogen functional groups attached to an aromatic ring is 1. The first kappa shape index (κ1) is 24.8. The topological polar surface area (TPSA) is 132 Å². The average Bonchev–Trinajstić information content (AvgIpc) is 3.26. The quantitative estimate of drug-likeness (QED) is 0.296. The standard InChI is InChI=1S/C26H29ClN8O2/c1-2-29-26(37)30-10-20-13-34(12-19-9-17-8-18(27)4-6-22(17)33-19)14-24(36)35(20)11-16-3-5-21-23(7-16)31-15-32-25(21)28/h3-9,15,20,33H,2,10-14H2,1H3,(H2,28,31,32)(H2,29,30,37)/t20-/m0/s1. The van der Waals surface area contributed by atoms with Crippen molar-refractivity contribution in [2.24, 2.45) is 0 Å². The van der Waals surface area contributed by atoms with Gasteiger partial charge < -0.3 is 26.3 Å². The highest BCUT2D eigenvalue weighted by molar-refractivity contribution is 6.31. The molecule has 5 rings (SSSR count). The second-order valence-corrected chi connectivity index (χ2v) is 9.66. The highest BCUT2D eigenvalue weighted by Gasteiger charge is 2.33. The minimum Gasteiger partial charge on any atom is -0.383 e. The van der Waals surface area contributed by atoms with E-state index in [-0.39, 0.29) is 24.5 Å². The van der Waals surface area contributed by atoms with Gasteiger partial charge in [0.1, 0.15) is 12.1 Å². The van der Waals surface area contributed by atoms with Gasteiger partial charge in [0.25, 0.3) is 0 Å². The second-order valence-electron chi connectivity index (χ2n) is 9.22. The lowest BCUT2D eigenvalue weighted by atomic mass is 10.1. The van der Waals surface area contributed by atoms with E-state index in [1.807, 2.05) is 48.2 Å². The van der Waals surface area contributed by atoms with Crippen molar-refractivity contribution >= 4 is 51.2 Å². The van der Waals surface area contributed by atoms with Crippen LogP contribution in [0, 0.1) is 0 Å². The summed E-state index contributed by atoms with van der Waals surface area (Å²) in [6.07, 6.45) is 1.43. The Morgan fingerprint density at radius 1 is 1.16 bits per heavy atom. The molecule has 37 heavy (non-hydrogen) atoms. The van der Waals surface area contributed by atoms with Gasteiger partial charge in [-0.1, -0.05) is 17.7 Å². The zero-order chi connectivity index (χ0) is 25.9. The summed E-state index contributed by atoms with van der Waals surface area (Å²) in [5, 5.41) is 8.14. The summed E-state index contributed by atoms with van der Waals surface area (Å²) in [5.74, 6) is 0.417. The monoisotopic (exact) mass is 520 g/mol. The Bertz CT molecular complexity index is 1460. The van der Waals surface area contributed by atoms with Crippen LogP contribution in [-0.4, -0.2) is 68.9 Å². The van der Waals surface area contributed by atoms with E-state index in [4.69, 9.17) is 17.3 Å². The number of urea groups is 1. The van der Waals surface area contributed by atoms with Crippen LogP contribution in [0.5, 0.6) is 0 Å². The number of H-pyrrole nitrogens is 1. The normalized spacial score (nSPS) is 16.4. The van der Waals surface area contributed by atoms with Crippen molar-refractivity contribution in [3.8, 4) is 0 Å². The first-order valence-electron chi connectivity index (χ1n) is 12.2. The van der Waals surface area contributed by atoms with Gasteiger partial charge in [-0.2, -0.15) is 0 Å². The van der Waals surface area contributed by atoms with Crippen molar-refractivity contribution in [1.29, 1.82) is 0 Å². The first-order chi connectivity index (χ1) is 17.9. The molecule has 0 radical (unpaired) electrons. The molecular formula is C26H29ClN8O2. The smallest absolute Gasteiger partial charge is 0.314 e. The molecule has 0 aliphatic carbocycles. The maximum absolute atomic E-state index is 13.4. The summed E-state index contributed by atoms with van der Waals surface area (Å²) >= 11 is 6.14. The lowest BCUT2D eigenvalue weighted by molar-refractivity contribution is -0.140. The van der Waals surface area contributed by atoms with E-state index < -0.39 is 0 Å². The third-order valence-corrected chi connectivity index (χ3v) is 6.78. The minimum atomic E-state index is -0.252. The molecule has 0 bridgehead atoms. The predicted octanol–water partition coefficient (Wildman–Crippen LogP) is 2.88. The van der Waals surface area contributed by atoms with E-state index in [0.29, 0.717) is 43.6 Å². The van der Waals surface area contributed by atoms with Gasteiger partial charge in [0, 0.05) is 59.7 Å². The van der Waals surface area contributed by atoms with E-state index in [1.54, 1.807) is 0 Å². The van der Waals surface area contributed by atoms with Crippen LogP contribution in [0.2, 0.25) is 5.02 Å². The SMILES string of the molecule is CCNC(=O)NC[C@H]1CN(Cc2cc3cc(Cl)ccc3[nH]2)CC(=O)N1Cc1ccc2c(N)ncnc2c1. The van der Waals surface area contributed by atoms with Crippen molar-refractivity contribution in [3.05, 3.63) is 65.1 Å². The number of nitrogens with one attached hydrogen (secondary N) is 3. The molecule has 4 aromatic rings. The maximum atomic E-state index is 13.4. The molecule has 1 fully saturated rings. The fraction of sp³-hybridized carbons (Fsp3) is 0.308. The third-order valence-electron chi connectivity index (χ3n) is 6.54. The van der Waals surface area contributed by atoms with Crippen LogP contribution in [0.3, 0.4) is 0 Å². The molecule has 0 unspecified atom stereocenters. The average molecular weight is 521 g/mol. The lowest BCUT2D eigenvalue weighted by Gasteiger charge is -2.41. The van der Waals surface area contributed by atoms with Gasteiger partial charge in [0.05, 0.1) is 18.1 Å². The van der Waals surface area contributed by atoms with Crippen LogP contribution < -0.4 is 16.4 Å². The van der Waals surface area contributed by atoms with Crippen molar-refractivity contribution in [2.75, 3.05) is 31.9 Å². The molecular weight excluding hydrogens is 492 g/mol. The van der Waals surface area contributed by atoms with Crippen molar-refractivity contribution in [2.45, 2.75) is 26.1 Å². The van der Waals surface area contributed by atoms with Gasteiger partial charge in [-0.05, 0) is 48.9 Å². The van der Waals surface area contributed by atoms with Crippen LogP contribution >= 0.6 is 11.6 Å². The number of hydrogen-bond donors (Lipinski definition) is 4. The fourth-order valence-corrected chi connectivity index (χ4v) is 4.98. The van der Waals surface area contributed by atoms with Gasteiger partial charge in [-0.25, -0.2) is 14.8 Å². The lowest BCUT2D eigenvalue weighted by Crippen LogP contribution is -2.59. The summed E-state index contributed by atoms with van der Waals surface area (Å²) in [4.78, 5) is 41.2. The van der Waals surface area contributed by atoms with Gasteiger partial charge in [-0.15, -0.1) is 0 Å². The number of nitrogens with two attached hydrogens (primary N) is 1. The molecule has 0 spiro atoms. The maximum Gasteiger partial charge on any atom is 0.314 e. The van der Waals surface area contributed by atoms with Crippen LogP contribution in [0.25, 0.3) is 21.8 Å². The van der Waals surface area contributed by atoms with E-state index >= 15 is 0 Å². The Morgan fingerprint density at radius 3 is 2.86 bits per heavy atom. The van der Waals surface area contributed by atoms with E-state index in [9.17, 15) is 9.59 Å². The number of carbonyl (C=O) groups is 2. The molecule has 3 amide bonds. The number of aromatic amines is 1. The second kappa shape index (κ2) is 10.6. The fourth-order valence-electron chi connectivity index (χ4n) is 4.80. The Balaban J connectivity index is 1.35. The predicted molar refractivity (Wildman–Crippen MR) is 144 cm³/mol. The summed E-state index contributed by atoms with van der Waals surface area (Å²) in [6.45, 7) is 4.58. The van der Waals surface area contributed by atoms with Crippen molar-refractivity contribution < 1.29 is 9.59 Å². The minimum absolute atomic E-state index is 0.00426. The van der Waals surface area contributed by atoms with Crippen LogP contribution in [-0.2, 0) is 17.9 Å². The zero-order valence-electron chi connectivity index (χ0n) is 20.5. The molecule has 1 saturated heterocycles. The molecule has 5 N–H and O–H groups in total. The van der Waals surface area contributed by atoms with Gasteiger partial charge in [-0.3, -0.25) is 9.69 Å². The van der Waals surface area contributed by atoms with Crippen molar-refractivity contribution in [3.63, 3.8) is 0 Å². The highest BCUT2D eigenvalue weighted by Crippen LogP contribution is 2.24. The highest BCUT2D eigenvalue weighted by atomic mass is 35.5. The van der Waals surface area contributed by atoms with Gasteiger partial charge in [0.15, 0.2) is 0 Å². The van der Waals surface area contributed by atoms with Crippen molar-refractivity contribution in [1.82, 2.24) is 35.4 Å². The molecule has 2 aromatic heterocycles. The number of rotatable bonds is 7. The van der Waals surface area contributed by atoms with Gasteiger partial charge in [0.2, 0.25) is 5.91 Å². The number of halogens is 1. The molecule has 3 heterocycles. The number of amides is 3. The molecule has 2 aromatic carbocycles. The number of fused-ring (bicyclic) bond motifs is 2.